The molecule has 2 aromatic heterocycles. The van der Waals surface area contributed by atoms with Crippen LogP contribution >= 0.6 is 0 Å². The van der Waals surface area contributed by atoms with E-state index in [4.69, 9.17) is 4.74 Å². The Balaban J connectivity index is 1.95. The van der Waals surface area contributed by atoms with Crippen LogP contribution in [0.3, 0.4) is 0 Å². The summed E-state index contributed by atoms with van der Waals surface area (Å²) in [7, 11) is -0.0340. The number of rotatable bonds is 4. The molecule has 0 aliphatic carbocycles. The quantitative estimate of drug-likeness (QED) is 0.689. The molecule has 6 heteroatoms. The van der Waals surface area contributed by atoms with Gasteiger partial charge in [-0.1, -0.05) is 44.8 Å². The molecule has 3 heterocycles. The highest BCUT2D eigenvalue weighted by molar-refractivity contribution is 6.90. The molecule has 5 nitrogen and oxygen atoms in total. The Kier molecular flexibility index (Phi) is 4.54. The first kappa shape index (κ1) is 18.7. The Hall–Kier alpha value is -2.60. The number of nitrogens with zero attached hydrogens (tertiary/aromatic N) is 2. The van der Waals surface area contributed by atoms with Crippen LogP contribution in [0.15, 0.2) is 40.2 Å². The van der Waals surface area contributed by atoms with Crippen LogP contribution in [0, 0.1) is 5.92 Å². The Morgan fingerprint density at radius 2 is 1.96 bits per heavy atom. The average Bonchev–Trinajstić information content (AvgIpc) is 3.02. The molecule has 146 valence electrons. The third-order valence-electron chi connectivity index (χ3n) is 5.36. The zero-order chi connectivity index (χ0) is 20.1. The lowest BCUT2D eigenvalue weighted by atomic mass is 10.1. The SMILES string of the molecule is COc1ccc(Cn2cc([Si](C)(C)C)c3c4c([nH]c3c2=O)=NCC(C)C=4)cc1. The van der Waals surface area contributed by atoms with Gasteiger partial charge in [0.25, 0.3) is 5.56 Å². The van der Waals surface area contributed by atoms with E-state index in [1.54, 1.807) is 7.11 Å². The molecule has 1 atom stereocenters. The van der Waals surface area contributed by atoms with E-state index in [1.807, 2.05) is 28.8 Å². The van der Waals surface area contributed by atoms with E-state index in [2.05, 4.69) is 48.8 Å². The van der Waals surface area contributed by atoms with Crippen molar-refractivity contribution in [3.8, 4) is 5.75 Å². The van der Waals surface area contributed by atoms with Crippen molar-refractivity contribution in [2.45, 2.75) is 33.1 Å². The first-order valence-electron chi connectivity index (χ1n) is 9.73. The zero-order valence-corrected chi connectivity index (χ0v) is 18.2. The summed E-state index contributed by atoms with van der Waals surface area (Å²) in [6.45, 7) is 10.5. The monoisotopic (exact) mass is 393 g/mol. The molecule has 0 saturated carbocycles. The van der Waals surface area contributed by atoms with E-state index in [9.17, 15) is 4.79 Å². The third kappa shape index (κ3) is 3.22. The van der Waals surface area contributed by atoms with E-state index < -0.39 is 8.07 Å². The summed E-state index contributed by atoms with van der Waals surface area (Å²) in [4.78, 5) is 21.3. The molecule has 3 aromatic rings. The molecule has 0 amide bonds. The lowest BCUT2D eigenvalue weighted by Gasteiger charge is -2.20. The minimum absolute atomic E-state index is 0.0125. The van der Waals surface area contributed by atoms with E-state index in [0.29, 0.717) is 18.0 Å². The summed E-state index contributed by atoms with van der Waals surface area (Å²) in [6, 6.07) is 7.88. The molecule has 0 spiro atoms. The van der Waals surface area contributed by atoms with Crippen molar-refractivity contribution < 1.29 is 4.74 Å². The van der Waals surface area contributed by atoms with Crippen molar-refractivity contribution in [1.82, 2.24) is 9.55 Å². The molecule has 1 aromatic carbocycles. The lowest BCUT2D eigenvalue weighted by Crippen LogP contribution is -2.44. The number of fused-ring (bicyclic) bond motifs is 3. The van der Waals surface area contributed by atoms with Gasteiger partial charge in [0.15, 0.2) is 0 Å². The minimum Gasteiger partial charge on any atom is -0.497 e. The van der Waals surface area contributed by atoms with Crippen LogP contribution in [0.1, 0.15) is 12.5 Å². The number of pyridine rings is 1. The lowest BCUT2D eigenvalue weighted by molar-refractivity contribution is 0.414. The number of hydrogen-bond acceptors (Lipinski definition) is 3. The summed E-state index contributed by atoms with van der Waals surface area (Å²) in [5, 5.41) is 3.49. The highest BCUT2D eigenvalue weighted by Crippen LogP contribution is 2.14. The number of aromatic amines is 1. The Morgan fingerprint density at radius 3 is 2.61 bits per heavy atom. The number of hydrogen-bond donors (Lipinski definition) is 1. The summed E-state index contributed by atoms with van der Waals surface area (Å²) in [5.74, 6) is 1.21. The molecule has 0 radical (unpaired) electrons. The normalized spacial score (nSPS) is 16.4. The van der Waals surface area contributed by atoms with Gasteiger partial charge >= 0.3 is 0 Å². The van der Waals surface area contributed by atoms with Crippen molar-refractivity contribution in [1.29, 1.82) is 0 Å². The summed E-state index contributed by atoms with van der Waals surface area (Å²) >= 11 is 0. The van der Waals surface area contributed by atoms with Gasteiger partial charge < -0.3 is 14.3 Å². The second-order valence-electron chi connectivity index (χ2n) is 8.70. The fourth-order valence-corrected chi connectivity index (χ4v) is 5.39. The van der Waals surface area contributed by atoms with Gasteiger partial charge in [0.05, 0.1) is 21.7 Å². The van der Waals surface area contributed by atoms with Gasteiger partial charge in [-0.25, -0.2) is 0 Å². The second kappa shape index (κ2) is 6.78. The Morgan fingerprint density at radius 1 is 1.25 bits per heavy atom. The van der Waals surface area contributed by atoms with Crippen LogP contribution < -0.4 is 26.2 Å². The smallest absolute Gasteiger partial charge is 0.275 e. The number of aromatic nitrogens is 2. The van der Waals surface area contributed by atoms with Gasteiger partial charge in [-0.15, -0.1) is 0 Å². The van der Waals surface area contributed by atoms with Crippen LogP contribution in [0.25, 0.3) is 17.0 Å². The predicted octanol–water partition coefficient (Wildman–Crippen LogP) is 1.98. The molecule has 1 aliphatic rings. The fraction of sp³-hybridized carbons (Fsp3) is 0.364. The number of ether oxygens (including phenoxy) is 1. The molecule has 0 fully saturated rings. The first-order valence-corrected chi connectivity index (χ1v) is 13.2. The van der Waals surface area contributed by atoms with Gasteiger partial charge in [0.1, 0.15) is 16.8 Å². The maximum atomic E-state index is 13.3. The van der Waals surface area contributed by atoms with Gasteiger partial charge in [0, 0.05) is 23.3 Å². The highest BCUT2D eigenvalue weighted by atomic mass is 28.3. The number of H-pyrrole nitrogens is 1. The van der Waals surface area contributed by atoms with Crippen LogP contribution in [0.5, 0.6) is 5.75 Å². The highest BCUT2D eigenvalue weighted by Gasteiger charge is 2.25. The van der Waals surface area contributed by atoms with E-state index >= 15 is 0 Å². The molecule has 1 aliphatic heterocycles. The fourth-order valence-electron chi connectivity index (χ4n) is 3.84. The van der Waals surface area contributed by atoms with Gasteiger partial charge in [0.2, 0.25) is 0 Å². The average molecular weight is 394 g/mol. The standard InChI is InChI=1S/C22H27N3O2Si/c1-14-10-17-19-18(28(3,4)5)13-25(12-15-6-8-16(27-2)9-7-15)22(26)20(19)24-21(17)23-11-14/h6-10,13-14H,11-12H2,1-5H3,(H,23,24). The summed E-state index contributed by atoms with van der Waals surface area (Å²) < 4.78 is 7.07. The van der Waals surface area contributed by atoms with Crippen LogP contribution in [-0.2, 0) is 6.54 Å². The zero-order valence-electron chi connectivity index (χ0n) is 17.2. The van der Waals surface area contributed by atoms with Gasteiger partial charge in [-0.05, 0) is 28.8 Å². The van der Waals surface area contributed by atoms with Crippen LogP contribution in [0.2, 0.25) is 19.6 Å². The minimum atomic E-state index is -1.69. The van der Waals surface area contributed by atoms with Crippen LogP contribution in [0.4, 0.5) is 0 Å². The topological polar surface area (TPSA) is 59.4 Å². The Bertz CT molecular complexity index is 1210. The van der Waals surface area contributed by atoms with Crippen molar-refractivity contribution in [3.63, 3.8) is 0 Å². The number of nitrogens with one attached hydrogen (secondary N) is 1. The van der Waals surface area contributed by atoms with Crippen molar-refractivity contribution in [2.24, 2.45) is 10.9 Å². The van der Waals surface area contributed by atoms with E-state index in [1.165, 1.54) is 5.19 Å². The molecule has 4 rings (SSSR count). The molecule has 28 heavy (non-hydrogen) atoms. The van der Waals surface area contributed by atoms with Gasteiger partial charge in [-0.3, -0.25) is 9.79 Å². The van der Waals surface area contributed by atoms with Gasteiger partial charge in [-0.2, -0.15) is 0 Å². The predicted molar refractivity (Wildman–Crippen MR) is 117 cm³/mol. The molecule has 1 N–H and O–H groups in total. The first-order chi connectivity index (χ1) is 13.3. The molecular weight excluding hydrogens is 366 g/mol. The molecular formula is C22H27N3O2Si. The van der Waals surface area contributed by atoms with E-state index in [-0.39, 0.29) is 5.56 Å². The maximum absolute atomic E-state index is 13.3. The van der Waals surface area contributed by atoms with Crippen molar-refractivity contribution >= 4 is 30.2 Å². The van der Waals surface area contributed by atoms with Crippen molar-refractivity contribution in [2.75, 3.05) is 13.7 Å². The van der Waals surface area contributed by atoms with E-state index in [0.717, 1.165) is 34.0 Å². The molecule has 0 saturated heterocycles. The van der Waals surface area contributed by atoms with Crippen LogP contribution in [-0.4, -0.2) is 31.3 Å². The number of benzene rings is 1. The third-order valence-corrected chi connectivity index (χ3v) is 7.35. The van der Waals surface area contributed by atoms with Crippen molar-refractivity contribution in [3.05, 3.63) is 57.1 Å². The summed E-state index contributed by atoms with van der Waals surface area (Å²) in [5.41, 5.74) is 2.63. The summed E-state index contributed by atoms with van der Waals surface area (Å²) in [6.07, 6.45) is 4.35. The Labute approximate surface area is 165 Å². The number of methoxy groups -OCH3 is 1. The molecule has 1 unspecified atom stereocenters. The largest absolute Gasteiger partial charge is 0.497 e. The molecule has 0 bridgehead atoms. The second-order valence-corrected chi connectivity index (χ2v) is 13.7. The maximum Gasteiger partial charge on any atom is 0.275 e.